The van der Waals surface area contributed by atoms with Crippen LogP contribution in [0.5, 0.6) is 0 Å². The van der Waals surface area contributed by atoms with E-state index in [9.17, 15) is 13.5 Å². The molecule has 2 aliphatic carbocycles. The van der Waals surface area contributed by atoms with E-state index in [-0.39, 0.29) is 12.1 Å². The molecule has 2 aliphatic rings. The summed E-state index contributed by atoms with van der Waals surface area (Å²) in [6.07, 6.45) is 5.04. The van der Waals surface area contributed by atoms with E-state index in [1.54, 1.807) is 6.07 Å². The van der Waals surface area contributed by atoms with Crippen LogP contribution in [0.25, 0.3) is 0 Å². The van der Waals surface area contributed by atoms with Gasteiger partial charge in [-0.2, -0.15) is 0 Å². The molecule has 0 spiro atoms. The van der Waals surface area contributed by atoms with Crippen LogP contribution in [0.15, 0.2) is 23.1 Å². The molecule has 0 aromatic heterocycles. The summed E-state index contributed by atoms with van der Waals surface area (Å²) in [5.74, 6) is 0. The number of aryl methyl sites for hydroxylation is 2. The predicted octanol–water partition coefficient (Wildman–Crippen LogP) is 1.37. The van der Waals surface area contributed by atoms with Gasteiger partial charge in [0.2, 0.25) is 10.0 Å². The van der Waals surface area contributed by atoms with Crippen LogP contribution in [-0.2, 0) is 22.9 Å². The standard InChI is InChI=1S/C14H19NO3S/c16-13-8-12(9-13)15-19(17,18)14-6-5-10-3-1-2-4-11(10)7-14/h5-7,12-13,15-16H,1-4,8-9H2. The first-order valence-electron chi connectivity index (χ1n) is 6.87. The van der Waals surface area contributed by atoms with Gasteiger partial charge in [0.15, 0.2) is 0 Å². The average Bonchev–Trinajstić information content (AvgIpc) is 2.36. The molecule has 0 radical (unpaired) electrons. The minimum absolute atomic E-state index is 0.115. The van der Waals surface area contributed by atoms with Gasteiger partial charge in [-0.25, -0.2) is 13.1 Å². The number of fused-ring (bicyclic) bond motifs is 1. The van der Waals surface area contributed by atoms with Crippen LogP contribution in [-0.4, -0.2) is 25.7 Å². The van der Waals surface area contributed by atoms with Gasteiger partial charge in [0.1, 0.15) is 0 Å². The fourth-order valence-electron chi connectivity index (χ4n) is 2.85. The van der Waals surface area contributed by atoms with Crippen LogP contribution in [0, 0.1) is 0 Å². The monoisotopic (exact) mass is 281 g/mol. The molecule has 1 aromatic rings. The molecule has 0 aliphatic heterocycles. The Bertz CT molecular complexity index is 576. The highest BCUT2D eigenvalue weighted by molar-refractivity contribution is 7.89. The fourth-order valence-corrected chi connectivity index (χ4v) is 4.16. The number of aliphatic hydroxyl groups is 1. The maximum absolute atomic E-state index is 12.2. The number of nitrogens with one attached hydrogen (secondary N) is 1. The van der Waals surface area contributed by atoms with E-state index in [4.69, 9.17) is 0 Å². The van der Waals surface area contributed by atoms with Gasteiger partial charge in [0, 0.05) is 6.04 Å². The maximum atomic E-state index is 12.2. The van der Waals surface area contributed by atoms with Crippen LogP contribution in [0.1, 0.15) is 36.8 Å². The SMILES string of the molecule is O=S(=O)(NC1CC(O)C1)c1ccc2c(c1)CCCC2. The number of hydrogen-bond acceptors (Lipinski definition) is 3. The van der Waals surface area contributed by atoms with Crippen LogP contribution in [0.3, 0.4) is 0 Å². The lowest BCUT2D eigenvalue weighted by Crippen LogP contribution is -2.46. The van der Waals surface area contributed by atoms with Gasteiger partial charge in [-0.1, -0.05) is 6.07 Å². The third-order valence-electron chi connectivity index (χ3n) is 4.07. The van der Waals surface area contributed by atoms with Crippen LogP contribution in [0.2, 0.25) is 0 Å². The highest BCUT2D eigenvalue weighted by atomic mass is 32.2. The Balaban J connectivity index is 1.80. The molecule has 0 amide bonds. The zero-order valence-electron chi connectivity index (χ0n) is 10.8. The molecule has 0 unspecified atom stereocenters. The predicted molar refractivity (Wildman–Crippen MR) is 72.4 cm³/mol. The van der Waals surface area contributed by atoms with Gasteiger partial charge in [0.25, 0.3) is 0 Å². The van der Waals surface area contributed by atoms with E-state index in [0.717, 1.165) is 19.3 Å². The summed E-state index contributed by atoms with van der Waals surface area (Å²) in [7, 11) is -3.44. The van der Waals surface area contributed by atoms with Crippen molar-refractivity contribution in [2.45, 2.75) is 55.6 Å². The Hall–Kier alpha value is -0.910. The molecule has 19 heavy (non-hydrogen) atoms. The van der Waals surface area contributed by atoms with E-state index in [0.29, 0.717) is 17.7 Å². The van der Waals surface area contributed by atoms with Crippen LogP contribution in [0.4, 0.5) is 0 Å². The van der Waals surface area contributed by atoms with E-state index in [1.807, 2.05) is 12.1 Å². The lowest BCUT2D eigenvalue weighted by molar-refractivity contribution is 0.0712. The third kappa shape index (κ3) is 2.68. The average molecular weight is 281 g/mol. The van der Waals surface area contributed by atoms with Gasteiger partial charge in [0.05, 0.1) is 11.0 Å². The summed E-state index contributed by atoms with van der Waals surface area (Å²) in [4.78, 5) is 0.356. The number of benzene rings is 1. The quantitative estimate of drug-likeness (QED) is 0.879. The summed E-state index contributed by atoms with van der Waals surface area (Å²) < 4.78 is 27.1. The van der Waals surface area contributed by atoms with Crippen molar-refractivity contribution in [3.05, 3.63) is 29.3 Å². The molecule has 3 rings (SSSR count). The van der Waals surface area contributed by atoms with E-state index < -0.39 is 10.0 Å². The number of hydrogen-bond donors (Lipinski definition) is 2. The lowest BCUT2D eigenvalue weighted by atomic mass is 9.91. The number of sulfonamides is 1. The largest absolute Gasteiger partial charge is 0.393 e. The van der Waals surface area contributed by atoms with E-state index in [2.05, 4.69) is 4.72 Å². The molecule has 2 N–H and O–H groups in total. The van der Waals surface area contributed by atoms with Gasteiger partial charge in [-0.05, 0) is 61.8 Å². The summed E-state index contributed by atoms with van der Waals surface area (Å²) in [5.41, 5.74) is 2.45. The zero-order valence-corrected chi connectivity index (χ0v) is 11.6. The first-order valence-corrected chi connectivity index (χ1v) is 8.35. The first kappa shape index (κ1) is 13.1. The van der Waals surface area contributed by atoms with Crippen molar-refractivity contribution in [1.29, 1.82) is 0 Å². The van der Waals surface area contributed by atoms with Gasteiger partial charge in [-0.3, -0.25) is 0 Å². The van der Waals surface area contributed by atoms with Crippen molar-refractivity contribution in [3.63, 3.8) is 0 Å². The smallest absolute Gasteiger partial charge is 0.240 e. The molecule has 1 fully saturated rings. The molecular formula is C14H19NO3S. The Morgan fingerprint density at radius 2 is 1.79 bits per heavy atom. The Morgan fingerprint density at radius 1 is 1.11 bits per heavy atom. The molecule has 0 saturated heterocycles. The Kier molecular flexibility index (Phi) is 3.37. The lowest BCUT2D eigenvalue weighted by Gasteiger charge is -2.31. The van der Waals surface area contributed by atoms with Crippen LogP contribution >= 0.6 is 0 Å². The van der Waals surface area contributed by atoms with Crippen molar-refractivity contribution in [1.82, 2.24) is 4.72 Å². The minimum atomic E-state index is -3.44. The molecule has 1 saturated carbocycles. The molecule has 5 heteroatoms. The first-order chi connectivity index (χ1) is 9.04. The highest BCUT2D eigenvalue weighted by Gasteiger charge is 2.31. The van der Waals surface area contributed by atoms with Crippen LogP contribution < -0.4 is 4.72 Å². The Morgan fingerprint density at radius 3 is 2.47 bits per heavy atom. The summed E-state index contributed by atoms with van der Waals surface area (Å²) in [6.45, 7) is 0. The summed E-state index contributed by atoms with van der Waals surface area (Å²) >= 11 is 0. The van der Waals surface area contributed by atoms with E-state index >= 15 is 0 Å². The van der Waals surface area contributed by atoms with Gasteiger partial charge < -0.3 is 5.11 Å². The van der Waals surface area contributed by atoms with Gasteiger partial charge in [-0.15, -0.1) is 0 Å². The highest BCUT2D eigenvalue weighted by Crippen LogP contribution is 2.26. The molecule has 4 nitrogen and oxygen atoms in total. The van der Waals surface area contributed by atoms with Crippen molar-refractivity contribution < 1.29 is 13.5 Å². The zero-order chi connectivity index (χ0) is 13.5. The second-order valence-electron chi connectivity index (χ2n) is 5.58. The van der Waals surface area contributed by atoms with Crippen molar-refractivity contribution >= 4 is 10.0 Å². The minimum Gasteiger partial charge on any atom is -0.393 e. The summed E-state index contributed by atoms with van der Waals surface area (Å²) in [5, 5.41) is 9.21. The number of aliphatic hydroxyl groups excluding tert-OH is 1. The third-order valence-corrected chi connectivity index (χ3v) is 5.58. The maximum Gasteiger partial charge on any atom is 0.240 e. The molecule has 104 valence electrons. The second kappa shape index (κ2) is 4.89. The second-order valence-corrected chi connectivity index (χ2v) is 7.30. The molecule has 0 bridgehead atoms. The van der Waals surface area contributed by atoms with Crippen molar-refractivity contribution in [2.24, 2.45) is 0 Å². The fraction of sp³-hybridized carbons (Fsp3) is 0.571. The van der Waals surface area contributed by atoms with Crippen molar-refractivity contribution in [2.75, 3.05) is 0 Å². The molecule has 0 atom stereocenters. The molecular weight excluding hydrogens is 262 g/mol. The van der Waals surface area contributed by atoms with E-state index in [1.165, 1.54) is 17.5 Å². The van der Waals surface area contributed by atoms with Crippen molar-refractivity contribution in [3.8, 4) is 0 Å². The summed E-state index contributed by atoms with van der Waals surface area (Å²) in [6, 6.07) is 5.34. The normalized spacial score (nSPS) is 26.6. The number of rotatable bonds is 3. The molecule has 0 heterocycles. The van der Waals surface area contributed by atoms with Gasteiger partial charge >= 0.3 is 0 Å². The topological polar surface area (TPSA) is 66.4 Å². The Labute approximate surface area is 113 Å². The molecule has 1 aromatic carbocycles.